The number of nitrogen functional groups attached to an aromatic ring is 1. The first kappa shape index (κ1) is 14.7. The number of nitrogens with two attached hydrogens (primary N) is 1. The Labute approximate surface area is 118 Å². The zero-order chi connectivity index (χ0) is 14.5. The van der Waals surface area contributed by atoms with Crippen LogP contribution in [0, 0.1) is 0 Å². The molecule has 0 radical (unpaired) electrons. The monoisotopic (exact) mass is 278 g/mol. The van der Waals surface area contributed by atoms with Crippen LogP contribution < -0.4 is 15.4 Å². The van der Waals surface area contributed by atoms with E-state index < -0.39 is 7.12 Å². The number of amides is 1. The molecule has 1 aliphatic rings. The highest BCUT2D eigenvalue weighted by atomic mass is 16.5. The summed E-state index contributed by atoms with van der Waals surface area (Å²) < 4.78 is 5.37. The number of unbranched alkanes of at least 4 members (excludes halogenated alkanes) is 2. The minimum Gasteiger partial charge on any atom is -0.481 e. The predicted molar refractivity (Wildman–Crippen MR) is 77.6 cm³/mol. The molecule has 2 rings (SSSR count). The maximum Gasteiger partial charge on any atom is 0.451 e. The van der Waals surface area contributed by atoms with Gasteiger partial charge in [0.05, 0.1) is 5.69 Å². The largest absolute Gasteiger partial charge is 0.481 e. The zero-order valence-electron chi connectivity index (χ0n) is 11.3. The lowest BCUT2D eigenvalue weighted by Crippen LogP contribution is -2.39. The molecule has 108 valence electrons. The lowest BCUT2D eigenvalue weighted by Gasteiger charge is -2.29. The Morgan fingerprint density at radius 2 is 2.10 bits per heavy atom. The van der Waals surface area contributed by atoms with Crippen LogP contribution in [0.15, 0.2) is 18.2 Å². The number of rotatable bonds is 6. The Morgan fingerprint density at radius 1 is 1.30 bits per heavy atom. The molecule has 6 nitrogen and oxygen atoms in total. The fourth-order valence-corrected chi connectivity index (χ4v) is 2.24. The van der Waals surface area contributed by atoms with Gasteiger partial charge in [-0.1, -0.05) is 12.8 Å². The first-order chi connectivity index (χ1) is 9.58. The minimum atomic E-state index is -1.25. The Balaban J connectivity index is 1.92. The third-order valence-corrected chi connectivity index (χ3v) is 3.27. The third kappa shape index (κ3) is 3.65. The number of carbonyl (C=O) groups excluding carboxylic acids is 1. The SMILES string of the molecule is Nc1ccc2c(c1)OCC(=O)N2CCCCCB(O)O. The molecule has 0 atom stereocenters. The van der Waals surface area contributed by atoms with Gasteiger partial charge in [0, 0.05) is 18.3 Å². The molecule has 4 N–H and O–H groups in total. The summed E-state index contributed by atoms with van der Waals surface area (Å²) in [5.74, 6) is 0.569. The highest BCUT2D eigenvalue weighted by molar-refractivity contribution is 6.40. The maximum atomic E-state index is 11.9. The smallest absolute Gasteiger partial charge is 0.451 e. The van der Waals surface area contributed by atoms with Crippen molar-refractivity contribution >= 4 is 24.4 Å². The van der Waals surface area contributed by atoms with Gasteiger partial charge in [0.2, 0.25) is 0 Å². The average Bonchev–Trinajstić information content (AvgIpc) is 2.40. The summed E-state index contributed by atoms with van der Waals surface area (Å²) in [7, 11) is -1.25. The van der Waals surface area contributed by atoms with Crippen molar-refractivity contribution in [2.45, 2.75) is 25.6 Å². The van der Waals surface area contributed by atoms with Crippen LogP contribution in [0.25, 0.3) is 0 Å². The summed E-state index contributed by atoms with van der Waals surface area (Å²) in [5.41, 5.74) is 7.05. The predicted octanol–water partition coefficient (Wildman–Crippen LogP) is 0.637. The summed E-state index contributed by atoms with van der Waals surface area (Å²) in [6.45, 7) is 0.631. The molecule has 0 bridgehead atoms. The standard InChI is InChI=1S/C13H19BN2O4/c15-10-4-5-11-12(8-10)20-9-13(17)16(11)7-3-1-2-6-14(18)19/h4-5,8,18-19H,1-3,6-7,9,15H2. The molecule has 0 aliphatic carbocycles. The van der Waals surface area contributed by atoms with Crippen molar-refractivity contribution in [1.29, 1.82) is 0 Å². The van der Waals surface area contributed by atoms with E-state index in [-0.39, 0.29) is 12.5 Å². The molecular formula is C13H19BN2O4. The molecule has 0 spiro atoms. The quantitative estimate of drug-likeness (QED) is 0.403. The lowest BCUT2D eigenvalue weighted by molar-refractivity contribution is -0.121. The first-order valence-corrected chi connectivity index (χ1v) is 6.77. The van der Waals surface area contributed by atoms with Gasteiger partial charge in [0.15, 0.2) is 6.61 Å². The summed E-state index contributed by atoms with van der Waals surface area (Å²) in [6.07, 6.45) is 2.74. The molecule has 7 heteroatoms. The molecule has 0 aromatic heterocycles. The lowest BCUT2D eigenvalue weighted by atomic mass is 9.83. The highest BCUT2D eigenvalue weighted by Gasteiger charge is 2.24. The summed E-state index contributed by atoms with van der Waals surface area (Å²) >= 11 is 0. The van der Waals surface area contributed by atoms with Crippen LogP contribution in [0.3, 0.4) is 0 Å². The first-order valence-electron chi connectivity index (χ1n) is 6.77. The molecule has 1 aromatic rings. The van der Waals surface area contributed by atoms with Gasteiger partial charge in [0.25, 0.3) is 5.91 Å². The van der Waals surface area contributed by atoms with Gasteiger partial charge in [-0.25, -0.2) is 0 Å². The van der Waals surface area contributed by atoms with E-state index in [2.05, 4.69) is 0 Å². The summed E-state index contributed by atoms with van der Waals surface area (Å²) in [5, 5.41) is 17.5. The van der Waals surface area contributed by atoms with Crippen LogP contribution in [-0.4, -0.2) is 36.2 Å². The van der Waals surface area contributed by atoms with Crippen LogP contribution in [0.5, 0.6) is 5.75 Å². The van der Waals surface area contributed by atoms with Gasteiger partial charge < -0.3 is 25.4 Å². The highest BCUT2D eigenvalue weighted by Crippen LogP contribution is 2.33. The van der Waals surface area contributed by atoms with Crippen LogP contribution >= 0.6 is 0 Å². The summed E-state index contributed by atoms with van der Waals surface area (Å²) in [4.78, 5) is 13.6. The van der Waals surface area contributed by atoms with Crippen molar-refractivity contribution in [2.75, 3.05) is 23.8 Å². The third-order valence-electron chi connectivity index (χ3n) is 3.27. The second-order valence-electron chi connectivity index (χ2n) is 4.89. The molecule has 1 heterocycles. The molecule has 0 saturated carbocycles. The van der Waals surface area contributed by atoms with Crippen LogP contribution in [0.4, 0.5) is 11.4 Å². The number of carbonyl (C=O) groups is 1. The second-order valence-corrected chi connectivity index (χ2v) is 4.89. The van der Waals surface area contributed by atoms with E-state index in [9.17, 15) is 4.79 Å². The van der Waals surface area contributed by atoms with Gasteiger partial charge in [-0.3, -0.25) is 4.79 Å². The number of nitrogens with zero attached hydrogens (tertiary/aromatic N) is 1. The number of benzene rings is 1. The van der Waals surface area contributed by atoms with E-state index in [0.717, 1.165) is 24.9 Å². The molecule has 0 fully saturated rings. The van der Waals surface area contributed by atoms with Crippen molar-refractivity contribution in [1.82, 2.24) is 0 Å². The number of ether oxygens (including phenoxy) is 1. The van der Waals surface area contributed by atoms with Crippen LogP contribution in [-0.2, 0) is 4.79 Å². The van der Waals surface area contributed by atoms with Crippen molar-refractivity contribution in [2.24, 2.45) is 0 Å². The zero-order valence-corrected chi connectivity index (χ0v) is 11.3. The number of hydrogen-bond acceptors (Lipinski definition) is 5. The molecular weight excluding hydrogens is 259 g/mol. The second kappa shape index (κ2) is 6.63. The number of fused-ring (bicyclic) bond motifs is 1. The molecule has 1 amide bonds. The van der Waals surface area contributed by atoms with E-state index in [1.807, 2.05) is 0 Å². The fourth-order valence-electron chi connectivity index (χ4n) is 2.24. The van der Waals surface area contributed by atoms with Gasteiger partial charge in [-0.15, -0.1) is 0 Å². The van der Waals surface area contributed by atoms with Gasteiger partial charge >= 0.3 is 7.12 Å². The molecule has 1 aromatic carbocycles. The van der Waals surface area contributed by atoms with E-state index in [1.54, 1.807) is 23.1 Å². The van der Waals surface area contributed by atoms with Crippen molar-refractivity contribution < 1.29 is 19.6 Å². The van der Waals surface area contributed by atoms with Crippen LogP contribution in [0.2, 0.25) is 6.32 Å². The summed E-state index contributed by atoms with van der Waals surface area (Å²) in [6, 6.07) is 5.26. The molecule has 0 unspecified atom stereocenters. The molecule has 20 heavy (non-hydrogen) atoms. The van der Waals surface area contributed by atoms with Crippen molar-refractivity contribution in [3.63, 3.8) is 0 Å². The van der Waals surface area contributed by atoms with Crippen molar-refractivity contribution in [3.05, 3.63) is 18.2 Å². The van der Waals surface area contributed by atoms with E-state index in [1.165, 1.54) is 0 Å². The van der Waals surface area contributed by atoms with Crippen molar-refractivity contribution in [3.8, 4) is 5.75 Å². The molecule has 0 saturated heterocycles. The molecule has 1 aliphatic heterocycles. The Hall–Kier alpha value is -1.73. The Kier molecular flexibility index (Phi) is 4.86. The van der Waals surface area contributed by atoms with E-state index in [4.69, 9.17) is 20.5 Å². The topological polar surface area (TPSA) is 96.0 Å². The minimum absolute atomic E-state index is 0.0335. The van der Waals surface area contributed by atoms with E-state index >= 15 is 0 Å². The number of hydrogen-bond donors (Lipinski definition) is 3. The number of anilines is 2. The Morgan fingerprint density at radius 3 is 2.85 bits per heavy atom. The van der Waals surface area contributed by atoms with Gasteiger partial charge in [-0.05, 0) is 24.9 Å². The normalized spacial score (nSPS) is 13.9. The maximum absolute atomic E-state index is 11.9. The average molecular weight is 278 g/mol. The van der Waals surface area contributed by atoms with Gasteiger partial charge in [0.1, 0.15) is 5.75 Å². The van der Waals surface area contributed by atoms with E-state index in [0.29, 0.717) is 24.3 Å². The van der Waals surface area contributed by atoms with Crippen LogP contribution in [0.1, 0.15) is 19.3 Å². The van der Waals surface area contributed by atoms with Gasteiger partial charge in [-0.2, -0.15) is 0 Å². The Bertz CT molecular complexity index is 481. The fraction of sp³-hybridized carbons (Fsp3) is 0.462.